The Morgan fingerprint density at radius 1 is 1.12 bits per heavy atom. The molecule has 0 aliphatic carbocycles. The van der Waals surface area contributed by atoms with Crippen molar-refractivity contribution in [2.45, 2.75) is 0 Å². The summed E-state index contributed by atoms with van der Waals surface area (Å²) in [5, 5.41) is 10.7. The van der Waals surface area contributed by atoms with E-state index in [0.29, 0.717) is 26.2 Å². The van der Waals surface area contributed by atoms with Gasteiger partial charge in [0.15, 0.2) is 0 Å². The Kier molecular flexibility index (Phi) is 4.74. The number of hydrogen-bond acceptors (Lipinski definition) is 6. The van der Waals surface area contributed by atoms with Crippen LogP contribution >= 0.6 is 0 Å². The summed E-state index contributed by atoms with van der Waals surface area (Å²) in [4.78, 5) is 52.2. The van der Waals surface area contributed by atoms with Crippen molar-refractivity contribution in [2.75, 3.05) is 51.2 Å². The number of carbonyl (C=O) groups is 3. The second-order valence-electron chi connectivity index (χ2n) is 6.26. The van der Waals surface area contributed by atoms with Gasteiger partial charge >= 0.3 is 6.03 Å². The number of nitrogens with zero attached hydrogens (tertiary/aromatic N) is 5. The SMILES string of the molecule is CN1CC(=O)N(CC(=O)N2CCN(c3ccc([N+](=O)[O-])cc3)CC2)C1=O. The molecule has 0 spiro atoms. The molecule has 1 aromatic carbocycles. The fourth-order valence-electron chi connectivity index (χ4n) is 3.06. The van der Waals surface area contributed by atoms with Gasteiger partial charge in [-0.2, -0.15) is 0 Å². The van der Waals surface area contributed by atoms with Crippen LogP contribution in [0.3, 0.4) is 0 Å². The number of carbonyl (C=O) groups excluding carboxylic acids is 3. The lowest BCUT2D eigenvalue weighted by atomic mass is 10.2. The molecule has 0 aromatic heterocycles. The number of benzene rings is 1. The first-order valence-electron chi connectivity index (χ1n) is 8.19. The first-order chi connectivity index (χ1) is 12.4. The van der Waals surface area contributed by atoms with Gasteiger partial charge < -0.3 is 14.7 Å². The lowest BCUT2D eigenvalue weighted by Gasteiger charge is -2.36. The molecule has 2 aliphatic rings. The van der Waals surface area contributed by atoms with E-state index in [1.165, 1.54) is 24.1 Å². The van der Waals surface area contributed by atoms with Crippen LogP contribution in [0.5, 0.6) is 0 Å². The quantitative estimate of drug-likeness (QED) is 0.429. The van der Waals surface area contributed by atoms with Crippen molar-refractivity contribution in [3.8, 4) is 0 Å². The highest BCUT2D eigenvalue weighted by Gasteiger charge is 2.36. The van der Waals surface area contributed by atoms with Gasteiger partial charge in [-0.15, -0.1) is 0 Å². The third kappa shape index (κ3) is 3.44. The van der Waals surface area contributed by atoms with E-state index in [0.717, 1.165) is 10.6 Å². The Morgan fingerprint density at radius 2 is 1.73 bits per heavy atom. The molecule has 0 N–H and O–H groups in total. The van der Waals surface area contributed by atoms with E-state index in [-0.39, 0.29) is 30.6 Å². The van der Waals surface area contributed by atoms with Crippen molar-refractivity contribution >= 4 is 29.2 Å². The molecule has 3 rings (SSSR count). The monoisotopic (exact) mass is 361 g/mol. The van der Waals surface area contributed by atoms with Crippen LogP contribution in [-0.2, 0) is 9.59 Å². The number of amides is 4. The summed E-state index contributed by atoms with van der Waals surface area (Å²) in [7, 11) is 1.52. The summed E-state index contributed by atoms with van der Waals surface area (Å²) in [6.07, 6.45) is 0. The van der Waals surface area contributed by atoms with Gasteiger partial charge in [-0.05, 0) is 12.1 Å². The minimum absolute atomic E-state index is 0.0000347. The molecule has 0 bridgehead atoms. The van der Waals surface area contributed by atoms with Gasteiger partial charge in [0.05, 0.1) is 4.92 Å². The van der Waals surface area contributed by atoms with Crippen LogP contribution in [0.25, 0.3) is 0 Å². The van der Waals surface area contributed by atoms with Gasteiger partial charge in [-0.25, -0.2) is 4.79 Å². The van der Waals surface area contributed by atoms with Crippen molar-refractivity contribution in [1.29, 1.82) is 0 Å². The third-order valence-electron chi connectivity index (χ3n) is 4.58. The number of nitro benzene ring substituents is 1. The van der Waals surface area contributed by atoms with Crippen molar-refractivity contribution in [2.24, 2.45) is 0 Å². The molecule has 0 unspecified atom stereocenters. The molecule has 0 saturated carbocycles. The standard InChI is InChI=1S/C16H19N5O5/c1-17-10-15(23)20(16(17)24)11-14(22)19-8-6-18(7-9-19)12-2-4-13(5-3-12)21(25)26/h2-5H,6-11H2,1H3. The zero-order valence-electron chi connectivity index (χ0n) is 14.3. The summed E-state index contributed by atoms with van der Waals surface area (Å²) >= 11 is 0. The maximum atomic E-state index is 12.4. The molecule has 1 aromatic rings. The van der Waals surface area contributed by atoms with Crippen molar-refractivity contribution in [3.63, 3.8) is 0 Å². The normalized spacial score (nSPS) is 17.9. The topological polar surface area (TPSA) is 107 Å². The average Bonchev–Trinajstić information content (AvgIpc) is 2.88. The number of urea groups is 1. The fourth-order valence-corrected chi connectivity index (χ4v) is 3.06. The van der Waals surface area contributed by atoms with E-state index >= 15 is 0 Å². The number of piperazine rings is 1. The highest BCUT2D eigenvalue weighted by molar-refractivity contribution is 6.04. The zero-order valence-corrected chi connectivity index (χ0v) is 14.3. The van der Waals surface area contributed by atoms with Crippen LogP contribution in [0, 0.1) is 10.1 Å². The zero-order chi connectivity index (χ0) is 18.8. The molecule has 2 fully saturated rings. The molecule has 0 atom stereocenters. The lowest BCUT2D eigenvalue weighted by molar-refractivity contribution is -0.384. The number of non-ortho nitro benzene ring substituents is 1. The average molecular weight is 361 g/mol. The van der Waals surface area contributed by atoms with Gasteiger partial charge in [0, 0.05) is 51.0 Å². The molecule has 0 radical (unpaired) electrons. The van der Waals surface area contributed by atoms with Crippen LogP contribution in [0.1, 0.15) is 0 Å². The van der Waals surface area contributed by atoms with Crippen LogP contribution < -0.4 is 4.90 Å². The molecular formula is C16H19N5O5. The van der Waals surface area contributed by atoms with E-state index < -0.39 is 11.0 Å². The van der Waals surface area contributed by atoms with Gasteiger partial charge in [-0.1, -0.05) is 0 Å². The summed E-state index contributed by atoms with van der Waals surface area (Å²) in [5.41, 5.74) is 0.890. The molecule has 138 valence electrons. The summed E-state index contributed by atoms with van der Waals surface area (Å²) in [5.74, 6) is -0.624. The van der Waals surface area contributed by atoms with Crippen molar-refractivity contribution in [1.82, 2.24) is 14.7 Å². The summed E-state index contributed by atoms with van der Waals surface area (Å²) in [6, 6.07) is 5.83. The molecular weight excluding hydrogens is 342 g/mol. The Labute approximate surface area is 149 Å². The summed E-state index contributed by atoms with van der Waals surface area (Å²) in [6.45, 7) is 1.83. The van der Waals surface area contributed by atoms with Crippen LogP contribution in [0.2, 0.25) is 0 Å². The van der Waals surface area contributed by atoms with E-state index in [9.17, 15) is 24.5 Å². The molecule has 4 amide bonds. The van der Waals surface area contributed by atoms with Crippen LogP contribution in [0.15, 0.2) is 24.3 Å². The third-order valence-corrected chi connectivity index (χ3v) is 4.58. The number of anilines is 1. The number of imide groups is 1. The van der Waals surface area contributed by atoms with Crippen molar-refractivity contribution < 1.29 is 19.3 Å². The second-order valence-corrected chi connectivity index (χ2v) is 6.26. The number of rotatable bonds is 4. The summed E-state index contributed by atoms with van der Waals surface area (Å²) < 4.78 is 0. The molecule has 2 saturated heterocycles. The Morgan fingerprint density at radius 3 is 2.23 bits per heavy atom. The van der Waals surface area contributed by atoms with E-state index in [1.54, 1.807) is 17.0 Å². The Bertz CT molecular complexity index is 742. The largest absolute Gasteiger partial charge is 0.368 e. The molecule has 2 aliphatic heterocycles. The van der Waals surface area contributed by atoms with Gasteiger partial charge in [0.2, 0.25) is 5.91 Å². The minimum Gasteiger partial charge on any atom is -0.368 e. The van der Waals surface area contributed by atoms with Gasteiger partial charge in [0.25, 0.3) is 11.6 Å². The molecule has 26 heavy (non-hydrogen) atoms. The van der Waals surface area contributed by atoms with E-state index in [1.807, 2.05) is 4.90 Å². The van der Waals surface area contributed by atoms with Gasteiger partial charge in [-0.3, -0.25) is 24.6 Å². The van der Waals surface area contributed by atoms with E-state index in [4.69, 9.17) is 0 Å². The predicted octanol–water partition coefficient (Wildman–Crippen LogP) is 0.137. The maximum absolute atomic E-state index is 12.4. The maximum Gasteiger partial charge on any atom is 0.327 e. The number of hydrogen-bond donors (Lipinski definition) is 0. The smallest absolute Gasteiger partial charge is 0.327 e. The minimum atomic E-state index is -0.451. The lowest BCUT2D eigenvalue weighted by Crippen LogP contribution is -2.52. The molecule has 2 heterocycles. The Hall–Kier alpha value is -3.17. The van der Waals surface area contributed by atoms with Crippen LogP contribution in [0.4, 0.5) is 16.2 Å². The fraction of sp³-hybridized carbons (Fsp3) is 0.438. The molecule has 10 nitrogen and oxygen atoms in total. The van der Waals surface area contributed by atoms with Crippen molar-refractivity contribution in [3.05, 3.63) is 34.4 Å². The van der Waals surface area contributed by atoms with Crippen LogP contribution in [-0.4, -0.2) is 83.8 Å². The Balaban J connectivity index is 1.54. The highest BCUT2D eigenvalue weighted by Crippen LogP contribution is 2.20. The highest BCUT2D eigenvalue weighted by atomic mass is 16.6. The number of likely N-dealkylation sites (N-methyl/N-ethyl adjacent to an activating group) is 1. The first-order valence-corrected chi connectivity index (χ1v) is 8.19. The van der Waals surface area contributed by atoms with Gasteiger partial charge in [0.1, 0.15) is 13.1 Å². The first kappa shape index (κ1) is 17.6. The number of nitro groups is 1. The molecule has 10 heteroatoms. The van der Waals surface area contributed by atoms with E-state index in [2.05, 4.69) is 0 Å². The second kappa shape index (κ2) is 6.98. The predicted molar refractivity (Wildman–Crippen MR) is 91.6 cm³/mol.